The second kappa shape index (κ2) is 8.10. The van der Waals surface area contributed by atoms with Crippen LogP contribution in [0.1, 0.15) is 11.1 Å². The number of carbonyl (C=O) groups excluding carboxylic acids is 1. The fraction of sp³-hybridized carbons (Fsp3) is 0.125. The summed E-state index contributed by atoms with van der Waals surface area (Å²) in [7, 11) is 0. The molecule has 0 aliphatic carbocycles. The molecule has 0 unspecified atom stereocenters. The van der Waals surface area contributed by atoms with Gasteiger partial charge in [-0.25, -0.2) is 13.5 Å². The Kier molecular flexibility index (Phi) is 5.33. The molecule has 4 rings (SSSR count). The number of fused-ring (bicyclic) bond motifs is 1. The van der Waals surface area contributed by atoms with Crippen LogP contribution in [0.3, 0.4) is 0 Å². The lowest BCUT2D eigenvalue weighted by molar-refractivity contribution is -0.117. The van der Waals surface area contributed by atoms with Crippen molar-refractivity contribution in [3.05, 3.63) is 93.8 Å². The van der Waals surface area contributed by atoms with Crippen molar-refractivity contribution < 1.29 is 13.6 Å². The van der Waals surface area contributed by atoms with Crippen molar-refractivity contribution in [2.45, 2.75) is 20.4 Å². The van der Waals surface area contributed by atoms with Crippen LogP contribution in [-0.4, -0.2) is 15.7 Å². The number of anilines is 1. The lowest BCUT2D eigenvalue weighted by Gasteiger charge is -2.13. The molecule has 0 fully saturated rings. The Hall–Kier alpha value is -3.87. The van der Waals surface area contributed by atoms with E-state index in [4.69, 9.17) is 0 Å². The smallest absolute Gasteiger partial charge is 0.275 e. The minimum Gasteiger partial charge on any atom is -0.324 e. The molecule has 31 heavy (non-hydrogen) atoms. The molecule has 5 nitrogen and oxygen atoms in total. The number of aryl methyl sites for hydroxylation is 2. The quantitative estimate of drug-likeness (QED) is 0.526. The molecule has 1 aromatic heterocycles. The van der Waals surface area contributed by atoms with E-state index in [0.29, 0.717) is 22.5 Å². The molecule has 4 aromatic rings. The third kappa shape index (κ3) is 4.21. The third-order valence-electron chi connectivity index (χ3n) is 4.96. The summed E-state index contributed by atoms with van der Waals surface area (Å²) >= 11 is 0. The summed E-state index contributed by atoms with van der Waals surface area (Å²) in [6.45, 7) is 3.51. The van der Waals surface area contributed by atoms with E-state index in [9.17, 15) is 18.4 Å². The van der Waals surface area contributed by atoms with Gasteiger partial charge in [0.2, 0.25) is 5.91 Å². The van der Waals surface area contributed by atoms with Crippen LogP contribution in [0, 0.1) is 25.5 Å². The van der Waals surface area contributed by atoms with Crippen molar-refractivity contribution in [1.29, 1.82) is 0 Å². The Morgan fingerprint density at radius 2 is 1.65 bits per heavy atom. The minimum atomic E-state index is -0.812. The number of carbonyl (C=O) groups is 1. The molecular weight excluding hydrogens is 400 g/mol. The van der Waals surface area contributed by atoms with Crippen molar-refractivity contribution in [3.8, 4) is 11.3 Å². The van der Waals surface area contributed by atoms with Crippen LogP contribution in [0.5, 0.6) is 0 Å². The van der Waals surface area contributed by atoms with Gasteiger partial charge in [-0.2, -0.15) is 5.10 Å². The van der Waals surface area contributed by atoms with Gasteiger partial charge in [0.05, 0.1) is 11.1 Å². The molecule has 0 atom stereocenters. The van der Waals surface area contributed by atoms with Gasteiger partial charge in [0.1, 0.15) is 18.2 Å². The van der Waals surface area contributed by atoms with Crippen LogP contribution in [0.4, 0.5) is 14.5 Å². The first-order chi connectivity index (χ1) is 14.8. The van der Waals surface area contributed by atoms with Crippen molar-refractivity contribution in [1.82, 2.24) is 9.78 Å². The SMILES string of the molecule is Cc1ccc(C)c(-c2nn(CC(=O)Nc3cc(F)cc(F)c3)c(=O)c3ccccc23)c1. The molecule has 3 aromatic carbocycles. The Balaban J connectivity index is 1.78. The number of aromatic nitrogens is 2. The highest BCUT2D eigenvalue weighted by Gasteiger charge is 2.16. The van der Waals surface area contributed by atoms with Gasteiger partial charge >= 0.3 is 0 Å². The molecule has 156 valence electrons. The summed E-state index contributed by atoms with van der Waals surface area (Å²) in [6.07, 6.45) is 0. The van der Waals surface area contributed by atoms with E-state index < -0.39 is 29.6 Å². The molecule has 0 aliphatic rings. The first-order valence-corrected chi connectivity index (χ1v) is 9.65. The lowest BCUT2D eigenvalue weighted by atomic mass is 9.99. The molecule has 7 heteroatoms. The van der Waals surface area contributed by atoms with E-state index in [2.05, 4.69) is 10.4 Å². The van der Waals surface area contributed by atoms with Crippen molar-refractivity contribution >= 4 is 22.4 Å². The van der Waals surface area contributed by atoms with Gasteiger partial charge < -0.3 is 5.32 Å². The van der Waals surface area contributed by atoms with Crippen LogP contribution < -0.4 is 10.9 Å². The van der Waals surface area contributed by atoms with E-state index in [0.717, 1.165) is 33.5 Å². The van der Waals surface area contributed by atoms with E-state index in [1.54, 1.807) is 12.1 Å². The van der Waals surface area contributed by atoms with Crippen LogP contribution in [0.15, 0.2) is 65.5 Å². The molecular formula is C24H19F2N3O2. The summed E-state index contributed by atoms with van der Waals surface area (Å²) in [6, 6.07) is 15.7. The van der Waals surface area contributed by atoms with Crippen LogP contribution >= 0.6 is 0 Å². The zero-order valence-corrected chi connectivity index (χ0v) is 16.9. The molecule has 0 aliphatic heterocycles. The number of nitrogens with zero attached hydrogens (tertiary/aromatic N) is 2. The highest BCUT2D eigenvalue weighted by Crippen LogP contribution is 2.28. The van der Waals surface area contributed by atoms with Crippen LogP contribution in [0.25, 0.3) is 22.0 Å². The summed E-state index contributed by atoms with van der Waals surface area (Å²) in [5.74, 6) is -2.25. The van der Waals surface area contributed by atoms with Gasteiger partial charge in [-0.1, -0.05) is 35.9 Å². The number of amides is 1. The number of hydrogen-bond donors (Lipinski definition) is 1. The van der Waals surface area contributed by atoms with Gasteiger partial charge in [-0.15, -0.1) is 0 Å². The van der Waals surface area contributed by atoms with Gasteiger partial charge in [0.15, 0.2) is 0 Å². The van der Waals surface area contributed by atoms with Crippen LogP contribution in [-0.2, 0) is 11.3 Å². The lowest BCUT2D eigenvalue weighted by Crippen LogP contribution is -2.30. The Morgan fingerprint density at radius 1 is 0.968 bits per heavy atom. The first-order valence-electron chi connectivity index (χ1n) is 9.65. The molecule has 1 N–H and O–H groups in total. The predicted octanol–water partition coefficient (Wildman–Crippen LogP) is 4.60. The van der Waals surface area contributed by atoms with Crippen LogP contribution in [0.2, 0.25) is 0 Å². The standard InChI is InChI=1S/C24H19F2N3O2/c1-14-7-8-15(2)21(9-14)23-19-5-3-4-6-20(19)24(31)29(28-23)13-22(30)27-18-11-16(25)10-17(26)12-18/h3-12H,13H2,1-2H3,(H,27,30). The molecule has 0 spiro atoms. The molecule has 1 amide bonds. The largest absolute Gasteiger partial charge is 0.324 e. The fourth-order valence-electron chi connectivity index (χ4n) is 3.49. The highest BCUT2D eigenvalue weighted by atomic mass is 19.1. The molecule has 0 saturated heterocycles. The average Bonchev–Trinajstić information content (AvgIpc) is 2.71. The first kappa shape index (κ1) is 20.4. The second-order valence-electron chi connectivity index (χ2n) is 7.38. The fourth-order valence-corrected chi connectivity index (χ4v) is 3.49. The maximum atomic E-state index is 13.4. The van der Waals surface area contributed by atoms with Gasteiger partial charge in [0, 0.05) is 22.7 Å². The zero-order chi connectivity index (χ0) is 22.1. The maximum Gasteiger partial charge on any atom is 0.275 e. The Morgan fingerprint density at radius 3 is 2.35 bits per heavy atom. The normalized spacial score (nSPS) is 11.0. The second-order valence-corrected chi connectivity index (χ2v) is 7.38. The van der Waals surface area contributed by atoms with Crippen molar-refractivity contribution in [2.24, 2.45) is 0 Å². The summed E-state index contributed by atoms with van der Waals surface area (Å²) in [5, 5.41) is 8.01. The summed E-state index contributed by atoms with van der Waals surface area (Å²) in [5.41, 5.74) is 3.00. The number of hydrogen-bond acceptors (Lipinski definition) is 3. The maximum absolute atomic E-state index is 13.4. The summed E-state index contributed by atoms with van der Waals surface area (Å²) in [4.78, 5) is 25.5. The highest BCUT2D eigenvalue weighted by molar-refractivity contribution is 5.95. The minimum absolute atomic E-state index is 0.0360. The molecule has 1 heterocycles. The number of rotatable bonds is 4. The zero-order valence-electron chi connectivity index (χ0n) is 16.9. The van der Waals surface area contributed by atoms with E-state index in [1.165, 1.54) is 0 Å². The third-order valence-corrected chi connectivity index (χ3v) is 4.96. The Bertz CT molecular complexity index is 1360. The Labute approximate surface area is 177 Å². The number of halogens is 2. The average molecular weight is 419 g/mol. The van der Waals surface area contributed by atoms with Crippen molar-refractivity contribution in [3.63, 3.8) is 0 Å². The molecule has 0 bridgehead atoms. The van der Waals surface area contributed by atoms with E-state index in [-0.39, 0.29) is 5.69 Å². The molecule has 0 radical (unpaired) electrons. The number of nitrogens with one attached hydrogen (secondary N) is 1. The predicted molar refractivity (Wildman–Crippen MR) is 116 cm³/mol. The van der Waals surface area contributed by atoms with Crippen molar-refractivity contribution in [2.75, 3.05) is 5.32 Å². The van der Waals surface area contributed by atoms with Gasteiger partial charge in [-0.3, -0.25) is 9.59 Å². The van der Waals surface area contributed by atoms with Gasteiger partial charge in [-0.05, 0) is 43.7 Å². The van der Waals surface area contributed by atoms with Gasteiger partial charge in [0.25, 0.3) is 5.56 Å². The molecule has 0 saturated carbocycles. The summed E-state index contributed by atoms with van der Waals surface area (Å²) < 4.78 is 27.9. The van der Waals surface area contributed by atoms with E-state index >= 15 is 0 Å². The van der Waals surface area contributed by atoms with E-state index in [1.807, 2.05) is 44.2 Å². The monoisotopic (exact) mass is 419 g/mol. The topological polar surface area (TPSA) is 64.0 Å². The number of benzene rings is 3.